The van der Waals surface area contributed by atoms with Crippen LogP contribution in [-0.4, -0.2) is 17.6 Å². The predicted octanol–water partition coefficient (Wildman–Crippen LogP) is 14.4. The van der Waals surface area contributed by atoms with E-state index in [4.69, 9.17) is 4.98 Å². The van der Waals surface area contributed by atoms with E-state index in [1.807, 2.05) is 6.20 Å². The molecule has 11 rings (SSSR count). The largest absolute Gasteiger partial charge is 0.497 e. The van der Waals surface area contributed by atoms with Crippen LogP contribution in [0.3, 0.4) is 0 Å². The molecule has 10 aromatic rings. The molecule has 0 amide bonds. The molecular weight excluding hydrogens is 1120 g/mol. The summed E-state index contributed by atoms with van der Waals surface area (Å²) in [7, 11) is -3.20. The Bertz CT molecular complexity index is 3610. The predicted molar refractivity (Wildman–Crippen MR) is 319 cm³/mol. The van der Waals surface area contributed by atoms with Gasteiger partial charge in [-0.15, -0.1) is 17.7 Å². The van der Waals surface area contributed by atoms with E-state index < -0.39 is 8.07 Å². The van der Waals surface area contributed by atoms with Crippen LogP contribution in [0.4, 0.5) is 11.4 Å². The van der Waals surface area contributed by atoms with Gasteiger partial charge in [0, 0.05) is 60.4 Å². The molecule has 4 nitrogen and oxygen atoms in total. The fourth-order valence-electron chi connectivity index (χ4n) is 11.3. The van der Waals surface area contributed by atoms with Gasteiger partial charge in [-0.25, -0.2) is 4.98 Å². The molecule has 0 bridgehead atoms. The summed E-state index contributed by atoms with van der Waals surface area (Å²) in [6.07, 6.45) is 4.30. The van der Waals surface area contributed by atoms with Gasteiger partial charge in [0.05, 0.1) is 0 Å². The van der Waals surface area contributed by atoms with Crippen molar-refractivity contribution >= 4 is 62.0 Å². The van der Waals surface area contributed by atoms with Crippen molar-refractivity contribution in [3.63, 3.8) is 0 Å². The molecule has 1 aliphatic heterocycles. The van der Waals surface area contributed by atoms with Crippen molar-refractivity contribution < 1.29 is 21.1 Å². The van der Waals surface area contributed by atoms with Crippen LogP contribution in [0.5, 0.6) is 0 Å². The van der Waals surface area contributed by atoms with Gasteiger partial charge < -0.3 is 14.4 Å². The first-order valence-electron chi connectivity index (χ1n) is 26.4. The summed E-state index contributed by atoms with van der Waals surface area (Å²) in [6.45, 7) is 25.4. The third-order valence-corrected chi connectivity index (χ3v) is 20.5. The fraction of sp³-hybridized carbons (Fsp3) is 0.200. The molecule has 384 valence electrons. The Hall–Kier alpha value is -7.04. The average molecular weight is 1190 g/mol. The van der Waals surface area contributed by atoms with Crippen molar-refractivity contribution in [2.45, 2.75) is 85.5 Å². The molecule has 0 fully saturated rings. The number of benzene rings is 8. The molecule has 0 atom stereocenters. The quantitative estimate of drug-likeness (QED) is 0.0733. The van der Waals surface area contributed by atoms with Crippen LogP contribution in [-0.2, 0) is 37.3 Å². The molecule has 1 aliphatic rings. The summed E-state index contributed by atoms with van der Waals surface area (Å²) in [5.41, 5.74) is 11.0. The Morgan fingerprint density at radius 1 is 0.461 bits per heavy atom. The summed E-state index contributed by atoms with van der Waals surface area (Å²) in [5.74, 6) is 0.891. The molecule has 76 heavy (non-hydrogen) atoms. The van der Waals surface area contributed by atoms with Crippen LogP contribution in [0.1, 0.15) is 97.1 Å². The standard InChI is InChI=1S/C70H67N4Si.Pt/c1-67(2,3)52-40-41-71-66(45-52)74-63-37-24-23-36-61(63)62-39-38-60(47-64(62)74)75(57-31-19-13-20-32-57,58-33-21-14-22-34-58)59-35-25-30-55(46-59)73-49-72(48-65(73)68(4,5)6)56-43-53(69(7,8)50-26-15-11-16-27-50)42-54(44-56)70(9,10)51-28-17-12-18-29-51;/h11-45,48-49H,1-10H3;/q-3;. The molecule has 0 N–H and O–H groups in total. The summed E-state index contributed by atoms with van der Waals surface area (Å²) in [5, 5.41) is 7.17. The number of hydrogen-bond donors (Lipinski definition) is 0. The number of rotatable bonds is 11. The number of para-hydroxylation sites is 1. The molecule has 6 heteroatoms. The second-order valence-electron chi connectivity index (χ2n) is 23.5. The van der Waals surface area contributed by atoms with Crippen LogP contribution in [0.2, 0.25) is 0 Å². The van der Waals surface area contributed by atoms with Crippen LogP contribution in [0.15, 0.2) is 224 Å². The van der Waals surface area contributed by atoms with Gasteiger partial charge in [-0.1, -0.05) is 220 Å². The van der Waals surface area contributed by atoms with E-state index in [9.17, 15) is 0 Å². The third-order valence-electron chi connectivity index (χ3n) is 15.9. The SMILES string of the molecule is CC(C)(C)C1=CN(c2cc(C(C)(C)c3ccccc3)cc(C(C)(C)c3ccccc3)c2)[CH-]N1c1[c-]c([Si](c2[c-]c3c(cc2)c2ccccc2n3-c2cc(C(C)(C)C)ccn2)(c2ccccc2)c2ccccc2)ccc1.[Pt]. The van der Waals surface area contributed by atoms with Crippen molar-refractivity contribution in [3.05, 3.63) is 271 Å². The first-order chi connectivity index (χ1) is 36.0. The number of aromatic nitrogens is 2. The van der Waals surface area contributed by atoms with Crippen molar-refractivity contribution in [1.82, 2.24) is 9.55 Å². The third kappa shape index (κ3) is 9.30. The van der Waals surface area contributed by atoms with Gasteiger partial charge in [0.1, 0.15) is 13.9 Å². The fourth-order valence-corrected chi connectivity index (χ4v) is 15.9. The van der Waals surface area contributed by atoms with Crippen molar-refractivity contribution in [1.29, 1.82) is 0 Å². The molecule has 0 saturated carbocycles. The summed E-state index contributed by atoms with van der Waals surface area (Å²) < 4.78 is 2.33. The van der Waals surface area contributed by atoms with Crippen molar-refractivity contribution in [2.75, 3.05) is 9.80 Å². The molecule has 0 radical (unpaired) electrons. The van der Waals surface area contributed by atoms with Gasteiger partial charge in [-0.05, 0) is 85.5 Å². The molecule has 0 spiro atoms. The monoisotopic (exact) mass is 1190 g/mol. The first kappa shape index (κ1) is 52.4. The van der Waals surface area contributed by atoms with Gasteiger partial charge in [-0.2, -0.15) is 52.8 Å². The first-order valence-corrected chi connectivity index (χ1v) is 28.4. The number of nitrogens with zero attached hydrogens (tertiary/aromatic N) is 4. The minimum Gasteiger partial charge on any atom is -0.497 e. The summed E-state index contributed by atoms with van der Waals surface area (Å²) in [4.78, 5) is 9.79. The van der Waals surface area contributed by atoms with E-state index in [0.717, 1.165) is 44.0 Å². The Morgan fingerprint density at radius 3 is 1.57 bits per heavy atom. The van der Waals surface area contributed by atoms with E-state index >= 15 is 0 Å². The van der Waals surface area contributed by atoms with Gasteiger partial charge in [0.25, 0.3) is 0 Å². The Balaban J connectivity index is 0.00000657. The minimum atomic E-state index is -3.20. The number of allylic oxidation sites excluding steroid dienone is 1. The summed E-state index contributed by atoms with van der Waals surface area (Å²) >= 11 is 0. The maximum atomic E-state index is 5.06. The Morgan fingerprint density at radius 2 is 1.00 bits per heavy atom. The maximum absolute atomic E-state index is 5.06. The van der Waals surface area contributed by atoms with Gasteiger partial charge in [0.15, 0.2) is 0 Å². The van der Waals surface area contributed by atoms with E-state index in [1.165, 1.54) is 49.3 Å². The number of pyridine rings is 1. The van der Waals surface area contributed by atoms with Gasteiger partial charge >= 0.3 is 0 Å². The van der Waals surface area contributed by atoms with E-state index in [2.05, 4.69) is 315 Å². The summed E-state index contributed by atoms with van der Waals surface area (Å²) in [6, 6.07) is 84.4. The Labute approximate surface area is 467 Å². The molecule has 0 unspecified atom stereocenters. The molecule has 2 aromatic heterocycles. The van der Waals surface area contributed by atoms with Crippen LogP contribution >= 0.6 is 0 Å². The zero-order valence-corrected chi connectivity index (χ0v) is 48.7. The topological polar surface area (TPSA) is 24.3 Å². The molecule has 8 aromatic carbocycles. The second-order valence-corrected chi connectivity index (χ2v) is 27.2. The van der Waals surface area contributed by atoms with Crippen LogP contribution in [0, 0.1) is 24.2 Å². The van der Waals surface area contributed by atoms with Crippen LogP contribution < -0.4 is 30.5 Å². The van der Waals surface area contributed by atoms with E-state index in [-0.39, 0.29) is 42.7 Å². The van der Waals surface area contributed by atoms with Crippen molar-refractivity contribution in [2.24, 2.45) is 5.41 Å². The molecular formula is C70H67N4PtSi-3. The zero-order valence-electron chi connectivity index (χ0n) is 45.5. The molecule has 0 aliphatic carbocycles. The molecule has 3 heterocycles. The Kier molecular flexibility index (Phi) is 13.9. The second kappa shape index (κ2) is 20.2. The van der Waals surface area contributed by atoms with Gasteiger partial charge in [0.2, 0.25) is 0 Å². The molecule has 0 saturated heterocycles. The van der Waals surface area contributed by atoms with E-state index in [0.29, 0.717) is 0 Å². The number of anilines is 2. The maximum Gasteiger partial charge on any atom is 0.135 e. The average Bonchev–Trinajstić information content (AvgIpc) is 4.07. The van der Waals surface area contributed by atoms with Gasteiger partial charge in [-0.3, -0.25) is 0 Å². The zero-order chi connectivity index (χ0) is 52.3. The smallest absolute Gasteiger partial charge is 0.135 e. The van der Waals surface area contributed by atoms with Crippen molar-refractivity contribution in [3.8, 4) is 5.82 Å². The number of hydrogen-bond acceptors (Lipinski definition) is 3. The van der Waals surface area contributed by atoms with E-state index in [1.54, 1.807) is 0 Å². The minimum absolute atomic E-state index is 0. The normalized spacial score (nSPS) is 13.5. The number of fused-ring (bicyclic) bond motifs is 3. The van der Waals surface area contributed by atoms with Crippen LogP contribution in [0.25, 0.3) is 27.6 Å².